The van der Waals surface area contributed by atoms with E-state index in [1.54, 1.807) is 0 Å². The molecule has 10 aromatic rings. The smallest absolute Gasteiger partial charge is 0.0428 e. The van der Waals surface area contributed by atoms with E-state index >= 15 is 0 Å². The van der Waals surface area contributed by atoms with Gasteiger partial charge in [-0.3, -0.25) is 0 Å². The molecule has 0 atom stereocenters. The molecule has 0 unspecified atom stereocenters. The summed E-state index contributed by atoms with van der Waals surface area (Å²) in [6.45, 7) is 0. The highest BCUT2D eigenvalue weighted by atomic mass is 32.1. The van der Waals surface area contributed by atoms with E-state index in [2.05, 4.69) is 170 Å². The van der Waals surface area contributed by atoms with Crippen LogP contribution in [-0.2, 0) is 0 Å². The third kappa shape index (κ3) is 4.49. The molecule has 0 aliphatic carbocycles. The molecule has 0 fully saturated rings. The number of fused-ring (bicyclic) bond motifs is 9. The van der Waals surface area contributed by atoms with Gasteiger partial charge in [0.1, 0.15) is 0 Å². The lowest BCUT2D eigenvalue weighted by Gasteiger charge is -2.09. The van der Waals surface area contributed by atoms with Crippen molar-refractivity contribution in [1.82, 2.24) is 0 Å². The van der Waals surface area contributed by atoms with Crippen molar-refractivity contribution in [3.05, 3.63) is 170 Å². The van der Waals surface area contributed by atoms with Crippen molar-refractivity contribution in [3.63, 3.8) is 0 Å². The quantitative estimate of drug-likeness (QED) is 0.167. The first kappa shape index (κ1) is 27.6. The maximum Gasteiger partial charge on any atom is 0.0428 e. The van der Waals surface area contributed by atoms with Gasteiger partial charge in [0.25, 0.3) is 0 Å². The summed E-state index contributed by atoms with van der Waals surface area (Å²) >= 11 is 3.79. The van der Waals surface area contributed by atoms with Crippen LogP contribution >= 0.6 is 22.7 Å². The van der Waals surface area contributed by atoms with E-state index in [0.717, 1.165) is 0 Å². The Morgan fingerprint density at radius 2 is 0.562 bits per heavy atom. The standard InChI is InChI=1S/C46H28S2/c1-3-7-29(8-4-1)31-11-15-33(16-12-31)43-27-35-19-21-39-37-24-26-42-40(38(37)23-25-41(39)45(35)47-43)22-20-36-28-44(48-46(36)42)34-17-13-32(14-18-34)30-9-5-2-6-10-30/h1-28H. The molecule has 8 aromatic carbocycles. The predicted molar refractivity (Wildman–Crippen MR) is 211 cm³/mol. The van der Waals surface area contributed by atoms with Crippen molar-refractivity contribution in [1.29, 1.82) is 0 Å². The second kappa shape index (κ2) is 11.0. The number of benzene rings is 8. The zero-order valence-corrected chi connectivity index (χ0v) is 27.6. The van der Waals surface area contributed by atoms with Crippen LogP contribution in [0.5, 0.6) is 0 Å². The molecule has 10 rings (SSSR count). The highest BCUT2D eigenvalue weighted by Gasteiger charge is 2.14. The fourth-order valence-electron chi connectivity index (χ4n) is 7.23. The van der Waals surface area contributed by atoms with Gasteiger partial charge in [0.15, 0.2) is 0 Å². The van der Waals surface area contributed by atoms with Gasteiger partial charge < -0.3 is 0 Å². The Morgan fingerprint density at radius 3 is 0.979 bits per heavy atom. The molecule has 0 aliphatic rings. The van der Waals surface area contributed by atoms with Crippen molar-refractivity contribution in [2.24, 2.45) is 0 Å². The van der Waals surface area contributed by atoms with Crippen LogP contribution in [0.2, 0.25) is 0 Å². The Labute approximate surface area is 286 Å². The number of rotatable bonds is 4. The molecule has 0 nitrogen and oxygen atoms in total. The SMILES string of the molecule is c1ccc(-c2ccc(-c3cc4ccc5c6ccc7c(ccc8cc(-c9ccc(-c%10ccccc%10)cc9)sc87)c6ccc5c4s3)cc2)cc1. The average Bonchev–Trinajstić information content (AvgIpc) is 3.81. The maximum atomic E-state index is 2.35. The van der Waals surface area contributed by atoms with Crippen molar-refractivity contribution < 1.29 is 0 Å². The van der Waals surface area contributed by atoms with Crippen molar-refractivity contribution in [3.8, 4) is 43.1 Å². The largest absolute Gasteiger partial charge is 0.135 e. The Hall–Kier alpha value is -5.54. The molecule has 0 spiro atoms. The van der Waals surface area contributed by atoms with Gasteiger partial charge in [-0.25, -0.2) is 0 Å². The van der Waals surface area contributed by atoms with Crippen LogP contribution < -0.4 is 0 Å². The maximum absolute atomic E-state index is 2.35. The first-order valence-electron chi connectivity index (χ1n) is 16.3. The first-order chi connectivity index (χ1) is 23.8. The Bertz CT molecular complexity index is 2590. The molecule has 48 heavy (non-hydrogen) atoms. The van der Waals surface area contributed by atoms with E-state index in [1.807, 2.05) is 22.7 Å². The Balaban J connectivity index is 1.04. The van der Waals surface area contributed by atoms with Crippen LogP contribution in [-0.4, -0.2) is 0 Å². The Morgan fingerprint density at radius 1 is 0.250 bits per heavy atom. The van der Waals surface area contributed by atoms with Gasteiger partial charge in [0, 0.05) is 29.9 Å². The van der Waals surface area contributed by atoms with Crippen LogP contribution in [0.4, 0.5) is 0 Å². The third-order valence-electron chi connectivity index (χ3n) is 9.71. The molecular formula is C46H28S2. The van der Waals surface area contributed by atoms with Crippen LogP contribution in [0, 0.1) is 0 Å². The van der Waals surface area contributed by atoms with Crippen LogP contribution in [0.3, 0.4) is 0 Å². The van der Waals surface area contributed by atoms with Crippen molar-refractivity contribution >= 4 is 75.2 Å². The average molecular weight is 645 g/mol. The first-order valence-corrected chi connectivity index (χ1v) is 18.0. The highest BCUT2D eigenvalue weighted by Crippen LogP contribution is 2.44. The van der Waals surface area contributed by atoms with E-state index in [1.165, 1.54) is 95.6 Å². The van der Waals surface area contributed by atoms with E-state index in [0.29, 0.717) is 0 Å². The normalized spacial score (nSPS) is 11.8. The summed E-state index contributed by atoms with van der Waals surface area (Å²) in [4.78, 5) is 2.61. The lowest BCUT2D eigenvalue weighted by Crippen LogP contribution is -1.81. The molecule has 0 N–H and O–H groups in total. The van der Waals surface area contributed by atoms with Crippen LogP contribution in [0.1, 0.15) is 0 Å². The van der Waals surface area contributed by atoms with Gasteiger partial charge in [-0.05, 0) is 77.8 Å². The van der Waals surface area contributed by atoms with Crippen molar-refractivity contribution in [2.75, 3.05) is 0 Å². The molecule has 0 radical (unpaired) electrons. The van der Waals surface area contributed by atoms with Gasteiger partial charge in [0.2, 0.25) is 0 Å². The molecule has 0 bridgehead atoms. The zero-order valence-electron chi connectivity index (χ0n) is 26.0. The third-order valence-corrected chi connectivity index (χ3v) is 12.2. The lowest BCUT2D eigenvalue weighted by atomic mass is 9.96. The number of hydrogen-bond acceptors (Lipinski definition) is 2. The van der Waals surface area contributed by atoms with E-state index in [-0.39, 0.29) is 0 Å². The molecule has 0 saturated heterocycles. The lowest BCUT2D eigenvalue weighted by molar-refractivity contribution is 1.62. The second-order valence-corrected chi connectivity index (χ2v) is 14.6. The summed E-state index contributed by atoms with van der Waals surface area (Å²) in [7, 11) is 0. The summed E-state index contributed by atoms with van der Waals surface area (Å²) < 4.78 is 2.71. The second-order valence-electron chi connectivity index (χ2n) is 12.5. The Kier molecular flexibility index (Phi) is 6.33. The monoisotopic (exact) mass is 644 g/mol. The zero-order chi connectivity index (χ0) is 31.6. The van der Waals surface area contributed by atoms with E-state index in [4.69, 9.17) is 0 Å². The fourth-order valence-corrected chi connectivity index (χ4v) is 9.62. The van der Waals surface area contributed by atoms with E-state index in [9.17, 15) is 0 Å². The molecule has 2 aromatic heterocycles. The minimum Gasteiger partial charge on any atom is -0.135 e. The molecule has 0 saturated carbocycles. The minimum absolute atomic E-state index is 1.25. The van der Waals surface area contributed by atoms with Crippen LogP contribution in [0.15, 0.2) is 170 Å². The van der Waals surface area contributed by atoms with Gasteiger partial charge >= 0.3 is 0 Å². The summed E-state index contributed by atoms with van der Waals surface area (Å²) in [5, 5.41) is 10.5. The molecule has 2 heterocycles. The van der Waals surface area contributed by atoms with Gasteiger partial charge in [-0.2, -0.15) is 0 Å². The molecule has 2 heteroatoms. The van der Waals surface area contributed by atoms with Crippen molar-refractivity contribution in [2.45, 2.75) is 0 Å². The van der Waals surface area contributed by atoms with Gasteiger partial charge in [-0.15, -0.1) is 22.7 Å². The topological polar surface area (TPSA) is 0 Å². The van der Waals surface area contributed by atoms with Gasteiger partial charge in [0.05, 0.1) is 0 Å². The molecule has 0 aliphatic heterocycles. The van der Waals surface area contributed by atoms with Gasteiger partial charge in [-0.1, -0.05) is 158 Å². The minimum atomic E-state index is 1.25. The fraction of sp³-hybridized carbons (Fsp3) is 0. The summed E-state index contributed by atoms with van der Waals surface area (Å²) in [5.74, 6) is 0. The molecule has 0 amide bonds. The molecular weight excluding hydrogens is 617 g/mol. The predicted octanol–water partition coefficient (Wildman–Crippen LogP) is 14.2. The highest BCUT2D eigenvalue weighted by molar-refractivity contribution is 7.23. The molecule has 224 valence electrons. The van der Waals surface area contributed by atoms with Crippen LogP contribution in [0.25, 0.3) is 95.6 Å². The summed E-state index contributed by atoms with van der Waals surface area (Å²) in [6.07, 6.45) is 0. The number of hydrogen-bond donors (Lipinski definition) is 0. The summed E-state index contributed by atoms with van der Waals surface area (Å²) in [5.41, 5.74) is 7.53. The van der Waals surface area contributed by atoms with E-state index < -0.39 is 0 Å². The number of thiophene rings is 2. The summed E-state index contributed by atoms with van der Waals surface area (Å²) in [6, 6.07) is 62.5.